The first-order valence-electron chi connectivity index (χ1n) is 8.44. The van der Waals surface area contributed by atoms with Crippen molar-refractivity contribution < 1.29 is 4.79 Å². The van der Waals surface area contributed by atoms with Gasteiger partial charge in [-0.2, -0.15) is 0 Å². The molecule has 22 heavy (non-hydrogen) atoms. The standard InChI is InChI=1S/C16H26N4OS/c1-9(2)12-7-4-10(3)8-13(12)17-15(21)18-16-20-19-14(22-16)11-5-6-11/h9-13H,4-8H2,1-3H3,(H2,17,18,20,21)/t10-,12+,13+/m1/s1. The maximum absolute atomic E-state index is 12.3. The van der Waals surface area contributed by atoms with Crippen LogP contribution in [0.1, 0.15) is 63.8 Å². The molecule has 122 valence electrons. The van der Waals surface area contributed by atoms with Gasteiger partial charge in [-0.15, -0.1) is 10.2 Å². The minimum absolute atomic E-state index is 0.136. The van der Waals surface area contributed by atoms with Gasteiger partial charge in [0.1, 0.15) is 5.01 Å². The van der Waals surface area contributed by atoms with E-state index in [0.29, 0.717) is 28.8 Å². The molecule has 2 amide bonds. The monoisotopic (exact) mass is 322 g/mol. The summed E-state index contributed by atoms with van der Waals surface area (Å²) in [6.45, 7) is 6.77. The first-order chi connectivity index (χ1) is 10.5. The maximum atomic E-state index is 12.3. The molecule has 1 heterocycles. The Balaban J connectivity index is 1.56. The van der Waals surface area contributed by atoms with Gasteiger partial charge in [-0.3, -0.25) is 5.32 Å². The molecule has 3 atom stereocenters. The van der Waals surface area contributed by atoms with E-state index in [9.17, 15) is 4.79 Å². The molecule has 2 aliphatic carbocycles. The second-order valence-corrected chi connectivity index (χ2v) is 8.26. The van der Waals surface area contributed by atoms with Gasteiger partial charge in [-0.1, -0.05) is 38.5 Å². The number of hydrogen-bond donors (Lipinski definition) is 2. The highest BCUT2D eigenvalue weighted by atomic mass is 32.1. The zero-order valence-corrected chi connectivity index (χ0v) is 14.4. The minimum Gasteiger partial charge on any atom is -0.335 e. The van der Waals surface area contributed by atoms with Crippen LogP contribution in [0.15, 0.2) is 0 Å². The lowest BCUT2D eigenvalue weighted by atomic mass is 9.74. The van der Waals surface area contributed by atoms with E-state index in [1.54, 1.807) is 0 Å². The number of nitrogens with one attached hydrogen (secondary N) is 2. The van der Waals surface area contributed by atoms with Crippen LogP contribution in [0.25, 0.3) is 0 Å². The van der Waals surface area contributed by atoms with Crippen molar-refractivity contribution in [3.8, 4) is 0 Å². The number of rotatable bonds is 4. The van der Waals surface area contributed by atoms with E-state index in [0.717, 1.165) is 11.4 Å². The Morgan fingerprint density at radius 2 is 2.00 bits per heavy atom. The zero-order valence-electron chi connectivity index (χ0n) is 13.6. The largest absolute Gasteiger partial charge is 0.335 e. The Kier molecular flexibility index (Phi) is 4.66. The van der Waals surface area contributed by atoms with Crippen LogP contribution in [-0.2, 0) is 0 Å². The summed E-state index contributed by atoms with van der Waals surface area (Å²) in [5.41, 5.74) is 0. The average Bonchev–Trinajstić information content (AvgIpc) is 3.19. The minimum atomic E-state index is -0.136. The van der Waals surface area contributed by atoms with Crippen LogP contribution in [0, 0.1) is 17.8 Å². The van der Waals surface area contributed by atoms with E-state index < -0.39 is 0 Å². The molecule has 2 fully saturated rings. The molecular weight excluding hydrogens is 296 g/mol. The third-order valence-corrected chi connectivity index (χ3v) is 5.93. The number of carbonyl (C=O) groups excluding carboxylic acids is 1. The van der Waals surface area contributed by atoms with Gasteiger partial charge in [0, 0.05) is 12.0 Å². The molecule has 0 radical (unpaired) electrons. The molecule has 2 N–H and O–H groups in total. The Labute approximate surface area is 136 Å². The number of hydrogen-bond acceptors (Lipinski definition) is 4. The molecule has 1 aromatic rings. The molecule has 2 aliphatic rings. The average molecular weight is 322 g/mol. The van der Waals surface area contributed by atoms with Crippen LogP contribution >= 0.6 is 11.3 Å². The lowest BCUT2D eigenvalue weighted by Gasteiger charge is -2.37. The Morgan fingerprint density at radius 3 is 2.68 bits per heavy atom. The number of aromatic nitrogens is 2. The van der Waals surface area contributed by atoms with E-state index >= 15 is 0 Å². The van der Waals surface area contributed by atoms with Crippen LogP contribution < -0.4 is 10.6 Å². The van der Waals surface area contributed by atoms with Gasteiger partial charge in [0.2, 0.25) is 5.13 Å². The third-order valence-electron chi connectivity index (χ3n) is 4.93. The Bertz CT molecular complexity index is 526. The van der Waals surface area contributed by atoms with Gasteiger partial charge in [0.05, 0.1) is 0 Å². The summed E-state index contributed by atoms with van der Waals surface area (Å²) in [6, 6.07) is 0.128. The van der Waals surface area contributed by atoms with Crippen LogP contribution in [0.5, 0.6) is 0 Å². The highest BCUT2D eigenvalue weighted by Crippen LogP contribution is 2.42. The number of amides is 2. The smallest absolute Gasteiger partial charge is 0.321 e. The van der Waals surface area contributed by atoms with Crippen LogP contribution in [-0.4, -0.2) is 22.3 Å². The molecule has 0 aromatic carbocycles. The summed E-state index contributed by atoms with van der Waals surface area (Å²) in [7, 11) is 0. The number of urea groups is 1. The predicted molar refractivity (Wildman–Crippen MR) is 89.2 cm³/mol. The van der Waals surface area contributed by atoms with Crippen molar-refractivity contribution in [2.24, 2.45) is 17.8 Å². The first-order valence-corrected chi connectivity index (χ1v) is 9.25. The molecule has 3 rings (SSSR count). The van der Waals surface area contributed by atoms with Crippen molar-refractivity contribution in [3.05, 3.63) is 5.01 Å². The highest BCUT2D eigenvalue weighted by molar-refractivity contribution is 7.15. The summed E-state index contributed by atoms with van der Waals surface area (Å²) in [6.07, 6.45) is 5.95. The van der Waals surface area contributed by atoms with Gasteiger partial charge in [-0.05, 0) is 43.4 Å². The fourth-order valence-corrected chi connectivity index (χ4v) is 4.36. The van der Waals surface area contributed by atoms with Crippen LogP contribution in [0.3, 0.4) is 0 Å². The van der Waals surface area contributed by atoms with Crippen molar-refractivity contribution in [1.29, 1.82) is 0 Å². The maximum Gasteiger partial charge on any atom is 0.321 e. The number of nitrogens with zero attached hydrogens (tertiary/aromatic N) is 2. The summed E-state index contributed by atoms with van der Waals surface area (Å²) in [5, 5.41) is 15.9. The quantitative estimate of drug-likeness (QED) is 0.880. The van der Waals surface area contributed by atoms with E-state index in [2.05, 4.69) is 41.6 Å². The fourth-order valence-electron chi connectivity index (χ4n) is 3.45. The van der Waals surface area contributed by atoms with E-state index in [1.165, 1.54) is 37.0 Å². The summed E-state index contributed by atoms with van der Waals surface area (Å²) < 4.78 is 0. The van der Waals surface area contributed by atoms with Gasteiger partial charge in [0.25, 0.3) is 0 Å². The second kappa shape index (κ2) is 6.52. The van der Waals surface area contributed by atoms with Gasteiger partial charge in [-0.25, -0.2) is 4.79 Å². The molecule has 5 nitrogen and oxygen atoms in total. The molecule has 0 unspecified atom stereocenters. The molecular formula is C16H26N4OS. The predicted octanol–water partition coefficient (Wildman–Crippen LogP) is 4.00. The third kappa shape index (κ3) is 3.77. The lowest BCUT2D eigenvalue weighted by Crippen LogP contribution is -2.47. The van der Waals surface area contributed by atoms with E-state index in [4.69, 9.17) is 0 Å². The SMILES string of the molecule is CC(C)[C@@H]1CC[C@@H](C)C[C@@H]1NC(=O)Nc1nnc(C2CC2)s1. The van der Waals surface area contributed by atoms with Gasteiger partial charge in [0.15, 0.2) is 0 Å². The molecule has 0 saturated heterocycles. The highest BCUT2D eigenvalue weighted by Gasteiger charge is 2.32. The van der Waals surface area contributed by atoms with Crippen LogP contribution in [0.2, 0.25) is 0 Å². The van der Waals surface area contributed by atoms with Crippen molar-refractivity contribution in [2.45, 2.75) is 64.8 Å². The summed E-state index contributed by atoms with van der Waals surface area (Å²) in [4.78, 5) is 12.3. The number of carbonyl (C=O) groups is 1. The van der Waals surface area contributed by atoms with Crippen molar-refractivity contribution in [3.63, 3.8) is 0 Å². The van der Waals surface area contributed by atoms with E-state index in [1.807, 2.05) is 0 Å². The van der Waals surface area contributed by atoms with Crippen LogP contribution in [0.4, 0.5) is 9.93 Å². The zero-order chi connectivity index (χ0) is 15.7. The van der Waals surface area contributed by atoms with Crippen molar-refractivity contribution in [1.82, 2.24) is 15.5 Å². The summed E-state index contributed by atoms with van der Waals surface area (Å²) in [5.74, 6) is 2.43. The van der Waals surface area contributed by atoms with Crippen molar-refractivity contribution in [2.75, 3.05) is 5.32 Å². The van der Waals surface area contributed by atoms with E-state index in [-0.39, 0.29) is 12.1 Å². The Morgan fingerprint density at radius 1 is 1.23 bits per heavy atom. The lowest BCUT2D eigenvalue weighted by molar-refractivity contribution is 0.172. The molecule has 0 bridgehead atoms. The topological polar surface area (TPSA) is 66.9 Å². The molecule has 1 aromatic heterocycles. The molecule has 0 spiro atoms. The molecule has 0 aliphatic heterocycles. The normalized spacial score (nSPS) is 28.6. The molecule has 2 saturated carbocycles. The summed E-state index contributed by atoms with van der Waals surface area (Å²) >= 11 is 1.51. The number of anilines is 1. The van der Waals surface area contributed by atoms with Gasteiger partial charge < -0.3 is 5.32 Å². The second-order valence-electron chi connectivity index (χ2n) is 7.25. The van der Waals surface area contributed by atoms with Gasteiger partial charge >= 0.3 is 6.03 Å². The molecule has 6 heteroatoms. The van der Waals surface area contributed by atoms with Crippen molar-refractivity contribution >= 4 is 22.5 Å². The fraction of sp³-hybridized carbons (Fsp3) is 0.812. The Hall–Kier alpha value is -1.17. The first kappa shape index (κ1) is 15.7.